The lowest BCUT2D eigenvalue weighted by Crippen LogP contribution is -2.37. The number of halogens is 4. The van der Waals surface area contributed by atoms with Crippen molar-refractivity contribution in [3.8, 4) is 17.4 Å². The Hall–Kier alpha value is -2.44. The number of guanidine groups is 1. The zero-order valence-electron chi connectivity index (χ0n) is 16.2. The number of aliphatic imine (C=N–C) groups is 1. The molecule has 0 bridgehead atoms. The maximum Gasteiger partial charge on any atom is 0.422 e. The maximum atomic E-state index is 12.2. The van der Waals surface area contributed by atoms with Gasteiger partial charge in [-0.25, -0.2) is 4.98 Å². The number of ether oxygens (including phenoxy) is 3. The Morgan fingerprint density at radius 2 is 1.93 bits per heavy atom. The summed E-state index contributed by atoms with van der Waals surface area (Å²) in [5.74, 6) is 1.98. The minimum atomic E-state index is -4.40. The van der Waals surface area contributed by atoms with Gasteiger partial charge in [-0.1, -0.05) is 6.07 Å². The predicted octanol–water partition coefficient (Wildman–Crippen LogP) is 3.28. The third-order valence-electron chi connectivity index (χ3n) is 4.01. The van der Waals surface area contributed by atoms with Crippen LogP contribution in [0.25, 0.3) is 0 Å². The molecule has 1 aliphatic rings. The Balaban J connectivity index is 0.00000320. The van der Waals surface area contributed by atoms with E-state index in [9.17, 15) is 13.2 Å². The quantitative estimate of drug-likeness (QED) is 0.320. The van der Waals surface area contributed by atoms with Gasteiger partial charge in [-0.15, -0.1) is 24.0 Å². The number of benzene rings is 1. The molecule has 1 aromatic carbocycles. The molecule has 0 fully saturated rings. The van der Waals surface area contributed by atoms with Crippen LogP contribution in [0.4, 0.5) is 13.2 Å². The number of hydrogen-bond acceptors (Lipinski definition) is 5. The van der Waals surface area contributed by atoms with Gasteiger partial charge in [0.1, 0.15) is 0 Å². The number of nitrogens with one attached hydrogen (secondary N) is 2. The molecule has 30 heavy (non-hydrogen) atoms. The second-order valence-corrected chi connectivity index (χ2v) is 6.20. The summed E-state index contributed by atoms with van der Waals surface area (Å²) in [6.45, 7) is -0.143. The van der Waals surface area contributed by atoms with Crippen LogP contribution in [0.5, 0.6) is 17.4 Å². The highest BCUT2D eigenvalue weighted by atomic mass is 127. The second-order valence-electron chi connectivity index (χ2n) is 6.20. The van der Waals surface area contributed by atoms with Crippen LogP contribution in [0.2, 0.25) is 0 Å². The van der Waals surface area contributed by atoms with Crippen molar-refractivity contribution in [1.29, 1.82) is 0 Å². The van der Waals surface area contributed by atoms with Crippen LogP contribution < -0.4 is 24.8 Å². The van der Waals surface area contributed by atoms with Crippen molar-refractivity contribution in [3.63, 3.8) is 0 Å². The topological polar surface area (TPSA) is 77.0 Å². The lowest BCUT2D eigenvalue weighted by atomic mass is 10.1. The lowest BCUT2D eigenvalue weighted by molar-refractivity contribution is -0.154. The highest BCUT2D eigenvalue weighted by molar-refractivity contribution is 14.0. The van der Waals surface area contributed by atoms with Crippen LogP contribution in [0.1, 0.15) is 11.1 Å². The molecule has 7 nitrogen and oxygen atoms in total. The zero-order chi connectivity index (χ0) is 20.7. The first-order valence-corrected chi connectivity index (χ1v) is 8.90. The molecule has 1 aromatic heterocycles. The first-order valence-electron chi connectivity index (χ1n) is 8.90. The molecule has 3 rings (SSSR count). The van der Waals surface area contributed by atoms with Crippen molar-refractivity contribution in [2.45, 2.75) is 19.1 Å². The van der Waals surface area contributed by atoms with Gasteiger partial charge < -0.3 is 24.8 Å². The summed E-state index contributed by atoms with van der Waals surface area (Å²) >= 11 is 0. The molecule has 0 unspecified atom stereocenters. The monoisotopic (exact) mass is 538 g/mol. The van der Waals surface area contributed by atoms with Gasteiger partial charge >= 0.3 is 6.18 Å². The number of hydrogen-bond donors (Lipinski definition) is 2. The van der Waals surface area contributed by atoms with Gasteiger partial charge in [0.25, 0.3) is 0 Å². The largest absolute Gasteiger partial charge is 0.468 e. The van der Waals surface area contributed by atoms with Crippen LogP contribution in [0, 0.1) is 0 Å². The van der Waals surface area contributed by atoms with Crippen molar-refractivity contribution in [3.05, 3.63) is 47.7 Å². The molecule has 0 amide bonds. The van der Waals surface area contributed by atoms with Crippen molar-refractivity contribution in [2.24, 2.45) is 4.99 Å². The highest BCUT2D eigenvalue weighted by Gasteiger charge is 2.28. The Morgan fingerprint density at radius 1 is 1.13 bits per heavy atom. The molecule has 11 heteroatoms. The normalized spacial score (nSPS) is 12.9. The van der Waals surface area contributed by atoms with Gasteiger partial charge in [0.05, 0.1) is 0 Å². The molecule has 0 saturated carbocycles. The van der Waals surface area contributed by atoms with Crippen LogP contribution >= 0.6 is 24.0 Å². The summed E-state index contributed by atoms with van der Waals surface area (Å²) in [4.78, 5) is 7.92. The Bertz CT molecular complexity index is 865. The molecule has 2 N–H and O–H groups in total. The molecule has 2 heterocycles. The summed E-state index contributed by atoms with van der Waals surface area (Å²) in [6, 6.07) is 8.95. The van der Waals surface area contributed by atoms with Crippen LogP contribution in [-0.4, -0.2) is 44.1 Å². The minimum absolute atomic E-state index is 0. The molecule has 0 saturated heterocycles. The van der Waals surface area contributed by atoms with Crippen molar-refractivity contribution < 1.29 is 27.4 Å². The lowest BCUT2D eigenvalue weighted by Gasteiger charge is -2.13. The van der Waals surface area contributed by atoms with E-state index in [-0.39, 0.29) is 36.6 Å². The maximum absolute atomic E-state index is 12.2. The van der Waals surface area contributed by atoms with Gasteiger partial charge in [-0.2, -0.15) is 13.2 Å². The van der Waals surface area contributed by atoms with E-state index < -0.39 is 12.8 Å². The number of alkyl halides is 3. The van der Waals surface area contributed by atoms with E-state index in [2.05, 4.69) is 25.3 Å². The summed E-state index contributed by atoms with van der Waals surface area (Å²) in [7, 11) is 1.64. The van der Waals surface area contributed by atoms with E-state index in [1.54, 1.807) is 13.1 Å². The van der Waals surface area contributed by atoms with Crippen LogP contribution in [0.3, 0.4) is 0 Å². The second kappa shape index (κ2) is 11.1. The standard InChI is InChI=1S/C19H21F3N4O3.HI/c1-23-18(25-7-4-13-2-3-15-16(8-13)29-12-28-15)26-10-14-5-6-24-17(9-14)27-11-19(20,21)22;/h2-3,5-6,8-9H,4,7,10-12H2,1H3,(H2,23,25,26);1H. The Labute approximate surface area is 189 Å². The number of rotatable bonds is 7. The summed E-state index contributed by atoms with van der Waals surface area (Å²) in [5, 5.41) is 6.29. The molecule has 0 aliphatic carbocycles. The molecular weight excluding hydrogens is 516 g/mol. The summed E-state index contributed by atoms with van der Waals surface area (Å²) < 4.78 is 52.1. The Morgan fingerprint density at radius 3 is 2.70 bits per heavy atom. The van der Waals surface area contributed by atoms with Gasteiger partial charge in [0, 0.05) is 32.4 Å². The fourth-order valence-electron chi connectivity index (χ4n) is 2.62. The van der Waals surface area contributed by atoms with Crippen LogP contribution in [0.15, 0.2) is 41.5 Å². The fraction of sp³-hybridized carbons (Fsp3) is 0.368. The Kier molecular flexibility index (Phi) is 8.81. The molecule has 0 atom stereocenters. The first-order chi connectivity index (χ1) is 13.9. The molecule has 0 spiro atoms. The van der Waals surface area contributed by atoms with E-state index in [0.29, 0.717) is 19.0 Å². The SMILES string of the molecule is CN=C(NCCc1ccc2c(c1)OCO2)NCc1ccnc(OCC(F)(F)F)c1.I. The van der Waals surface area contributed by atoms with Gasteiger partial charge in [0.2, 0.25) is 12.7 Å². The third-order valence-corrected chi connectivity index (χ3v) is 4.01. The minimum Gasteiger partial charge on any atom is -0.468 e. The summed E-state index contributed by atoms with van der Waals surface area (Å²) in [5.41, 5.74) is 1.81. The van der Waals surface area contributed by atoms with E-state index >= 15 is 0 Å². The van der Waals surface area contributed by atoms with Gasteiger partial charge in [-0.3, -0.25) is 4.99 Å². The van der Waals surface area contributed by atoms with E-state index in [4.69, 9.17) is 9.47 Å². The average molecular weight is 538 g/mol. The van der Waals surface area contributed by atoms with Crippen LogP contribution in [-0.2, 0) is 13.0 Å². The first kappa shape index (κ1) is 23.8. The third kappa shape index (κ3) is 7.43. The van der Waals surface area contributed by atoms with Gasteiger partial charge in [-0.05, 0) is 35.7 Å². The smallest absolute Gasteiger partial charge is 0.422 e. The van der Waals surface area contributed by atoms with E-state index in [0.717, 1.165) is 29.0 Å². The molecule has 0 radical (unpaired) electrons. The van der Waals surface area contributed by atoms with E-state index in [1.165, 1.54) is 12.3 Å². The summed E-state index contributed by atoms with van der Waals surface area (Å²) in [6.07, 6.45) is -2.25. The molecule has 2 aromatic rings. The highest BCUT2D eigenvalue weighted by Crippen LogP contribution is 2.32. The number of aromatic nitrogens is 1. The zero-order valence-corrected chi connectivity index (χ0v) is 18.5. The molecule has 1 aliphatic heterocycles. The molecule has 164 valence electrons. The number of nitrogens with zero attached hydrogens (tertiary/aromatic N) is 2. The predicted molar refractivity (Wildman–Crippen MR) is 116 cm³/mol. The van der Waals surface area contributed by atoms with Crippen molar-refractivity contribution in [2.75, 3.05) is 27.0 Å². The van der Waals surface area contributed by atoms with Crippen molar-refractivity contribution >= 4 is 29.9 Å². The van der Waals surface area contributed by atoms with Gasteiger partial charge in [0.15, 0.2) is 24.1 Å². The van der Waals surface area contributed by atoms with E-state index in [1.807, 2.05) is 18.2 Å². The average Bonchev–Trinajstić information content (AvgIpc) is 3.16. The number of fused-ring (bicyclic) bond motifs is 1. The van der Waals surface area contributed by atoms with Crippen molar-refractivity contribution in [1.82, 2.24) is 15.6 Å². The number of pyridine rings is 1. The fourth-order valence-corrected chi connectivity index (χ4v) is 2.62. The molecular formula is C19H22F3IN4O3.